The number of hydrogen-bond acceptors (Lipinski definition) is 2. The zero-order valence-corrected chi connectivity index (χ0v) is 11.8. The quantitative estimate of drug-likeness (QED) is 0.859. The third-order valence-corrected chi connectivity index (χ3v) is 3.62. The van der Waals surface area contributed by atoms with Crippen molar-refractivity contribution in [3.8, 4) is 0 Å². The van der Waals surface area contributed by atoms with E-state index < -0.39 is 17.5 Å². The van der Waals surface area contributed by atoms with Crippen LogP contribution in [0.2, 0.25) is 5.02 Å². The van der Waals surface area contributed by atoms with Crippen molar-refractivity contribution < 1.29 is 14.2 Å². The second kappa shape index (κ2) is 6.50. The van der Waals surface area contributed by atoms with Crippen molar-refractivity contribution >= 4 is 11.6 Å². The van der Waals surface area contributed by atoms with Crippen LogP contribution in [-0.2, 0) is 11.2 Å². The second-order valence-electron chi connectivity index (χ2n) is 4.53. The SMILES string of the molecule is CCOC(C)(CC)C(O)Cc1cccc(Cl)c1F. The van der Waals surface area contributed by atoms with Crippen molar-refractivity contribution in [2.45, 2.75) is 45.3 Å². The average molecular weight is 275 g/mol. The van der Waals surface area contributed by atoms with Gasteiger partial charge in [-0.25, -0.2) is 4.39 Å². The molecule has 1 aromatic rings. The minimum atomic E-state index is -0.768. The van der Waals surface area contributed by atoms with Crippen molar-refractivity contribution in [1.29, 1.82) is 0 Å². The summed E-state index contributed by atoms with van der Waals surface area (Å²) in [5.41, 5.74) is -0.252. The molecule has 4 heteroatoms. The van der Waals surface area contributed by atoms with E-state index in [1.165, 1.54) is 6.07 Å². The largest absolute Gasteiger partial charge is 0.390 e. The highest BCUT2D eigenvalue weighted by atomic mass is 35.5. The van der Waals surface area contributed by atoms with Crippen molar-refractivity contribution in [3.63, 3.8) is 0 Å². The van der Waals surface area contributed by atoms with Gasteiger partial charge in [0.15, 0.2) is 0 Å². The number of halogens is 2. The summed E-state index contributed by atoms with van der Waals surface area (Å²) in [6, 6.07) is 4.80. The molecular weight excluding hydrogens is 255 g/mol. The molecule has 0 saturated heterocycles. The Bertz CT molecular complexity index is 397. The summed E-state index contributed by atoms with van der Waals surface area (Å²) in [5.74, 6) is -0.465. The van der Waals surface area contributed by atoms with Gasteiger partial charge in [0.25, 0.3) is 0 Å². The van der Waals surface area contributed by atoms with E-state index >= 15 is 0 Å². The van der Waals surface area contributed by atoms with Gasteiger partial charge in [0.1, 0.15) is 5.82 Å². The molecule has 2 nitrogen and oxygen atoms in total. The Labute approximate surface area is 113 Å². The normalized spacial score (nSPS) is 16.3. The lowest BCUT2D eigenvalue weighted by Crippen LogP contribution is -2.43. The molecule has 2 atom stereocenters. The van der Waals surface area contributed by atoms with Crippen LogP contribution in [0.3, 0.4) is 0 Å². The molecule has 0 spiro atoms. The summed E-state index contributed by atoms with van der Waals surface area (Å²) in [4.78, 5) is 0. The van der Waals surface area contributed by atoms with Gasteiger partial charge >= 0.3 is 0 Å². The molecule has 0 radical (unpaired) electrons. The molecule has 0 aliphatic carbocycles. The Balaban J connectivity index is 2.86. The Morgan fingerprint density at radius 2 is 2.11 bits per heavy atom. The monoisotopic (exact) mass is 274 g/mol. The Hall–Kier alpha value is -0.640. The number of ether oxygens (including phenoxy) is 1. The van der Waals surface area contributed by atoms with E-state index in [1.54, 1.807) is 12.1 Å². The topological polar surface area (TPSA) is 29.5 Å². The lowest BCUT2D eigenvalue weighted by Gasteiger charge is -2.33. The van der Waals surface area contributed by atoms with Crippen molar-refractivity contribution in [3.05, 3.63) is 34.6 Å². The fraction of sp³-hybridized carbons (Fsp3) is 0.571. The van der Waals surface area contributed by atoms with Gasteiger partial charge < -0.3 is 9.84 Å². The molecule has 18 heavy (non-hydrogen) atoms. The van der Waals surface area contributed by atoms with Gasteiger partial charge in [0.05, 0.1) is 16.7 Å². The molecule has 0 fully saturated rings. The van der Waals surface area contributed by atoms with Gasteiger partial charge in [-0.2, -0.15) is 0 Å². The van der Waals surface area contributed by atoms with Crippen molar-refractivity contribution in [2.24, 2.45) is 0 Å². The predicted octanol–water partition coefficient (Wildman–Crippen LogP) is 3.59. The first-order valence-electron chi connectivity index (χ1n) is 6.19. The highest BCUT2D eigenvalue weighted by molar-refractivity contribution is 6.30. The maximum Gasteiger partial charge on any atom is 0.145 e. The average Bonchev–Trinajstić information content (AvgIpc) is 2.35. The highest BCUT2D eigenvalue weighted by Gasteiger charge is 2.32. The van der Waals surface area contributed by atoms with Crippen LogP contribution in [0, 0.1) is 5.82 Å². The van der Waals surface area contributed by atoms with Crippen LogP contribution in [0.1, 0.15) is 32.8 Å². The predicted molar refractivity (Wildman–Crippen MR) is 71.4 cm³/mol. The summed E-state index contributed by atoms with van der Waals surface area (Å²) >= 11 is 5.72. The van der Waals surface area contributed by atoms with E-state index in [9.17, 15) is 9.50 Å². The number of aliphatic hydroxyl groups excluding tert-OH is 1. The van der Waals surface area contributed by atoms with Crippen LogP contribution in [-0.4, -0.2) is 23.4 Å². The zero-order chi connectivity index (χ0) is 13.8. The van der Waals surface area contributed by atoms with E-state index in [-0.39, 0.29) is 11.4 Å². The Kier molecular flexibility index (Phi) is 5.57. The number of hydrogen-bond donors (Lipinski definition) is 1. The molecule has 1 N–H and O–H groups in total. The van der Waals surface area contributed by atoms with Crippen LogP contribution in [0.5, 0.6) is 0 Å². The zero-order valence-electron chi connectivity index (χ0n) is 11.0. The number of aliphatic hydroxyl groups is 1. The lowest BCUT2D eigenvalue weighted by molar-refractivity contribution is -0.110. The van der Waals surface area contributed by atoms with E-state index in [0.29, 0.717) is 18.6 Å². The summed E-state index contributed by atoms with van der Waals surface area (Å²) in [5, 5.41) is 10.3. The fourth-order valence-electron chi connectivity index (χ4n) is 1.89. The van der Waals surface area contributed by atoms with Crippen LogP contribution in [0.4, 0.5) is 4.39 Å². The molecule has 0 saturated carbocycles. The minimum absolute atomic E-state index is 0.0781. The lowest BCUT2D eigenvalue weighted by atomic mass is 9.90. The standard InChI is InChI=1S/C14H20ClFO2/c1-4-14(3,18-5-2)12(17)9-10-7-6-8-11(15)13(10)16/h6-8,12,17H,4-5,9H2,1-3H3. The van der Waals surface area contributed by atoms with E-state index in [2.05, 4.69) is 0 Å². The third kappa shape index (κ3) is 3.44. The highest BCUT2D eigenvalue weighted by Crippen LogP contribution is 2.26. The van der Waals surface area contributed by atoms with E-state index in [1.807, 2.05) is 20.8 Å². The number of benzene rings is 1. The Morgan fingerprint density at radius 1 is 1.44 bits per heavy atom. The Morgan fingerprint density at radius 3 is 2.67 bits per heavy atom. The molecule has 1 rings (SSSR count). The third-order valence-electron chi connectivity index (χ3n) is 3.33. The van der Waals surface area contributed by atoms with Gasteiger partial charge in [0.2, 0.25) is 0 Å². The molecule has 102 valence electrons. The van der Waals surface area contributed by atoms with Gasteiger partial charge in [-0.05, 0) is 31.9 Å². The van der Waals surface area contributed by atoms with Crippen LogP contribution in [0.15, 0.2) is 18.2 Å². The molecule has 0 bridgehead atoms. The summed E-state index contributed by atoms with van der Waals surface area (Å²) in [6.45, 7) is 6.16. The van der Waals surface area contributed by atoms with Crippen molar-refractivity contribution in [1.82, 2.24) is 0 Å². The number of rotatable bonds is 6. The molecule has 0 amide bonds. The fourth-order valence-corrected chi connectivity index (χ4v) is 2.09. The minimum Gasteiger partial charge on any atom is -0.390 e. The molecule has 0 aliphatic heterocycles. The molecule has 1 aromatic carbocycles. The van der Waals surface area contributed by atoms with Gasteiger partial charge in [-0.3, -0.25) is 0 Å². The van der Waals surface area contributed by atoms with Crippen molar-refractivity contribution in [2.75, 3.05) is 6.61 Å². The van der Waals surface area contributed by atoms with Crippen LogP contribution < -0.4 is 0 Å². The molecular formula is C14H20ClFO2. The maximum atomic E-state index is 13.8. The van der Waals surface area contributed by atoms with Crippen LogP contribution in [0.25, 0.3) is 0 Å². The first-order chi connectivity index (χ1) is 8.44. The van der Waals surface area contributed by atoms with Gasteiger partial charge in [-0.15, -0.1) is 0 Å². The molecule has 2 unspecified atom stereocenters. The molecule has 0 heterocycles. The first kappa shape index (κ1) is 15.4. The smallest absolute Gasteiger partial charge is 0.145 e. The first-order valence-corrected chi connectivity index (χ1v) is 6.57. The summed E-state index contributed by atoms with van der Waals surface area (Å²) < 4.78 is 19.3. The van der Waals surface area contributed by atoms with E-state index in [0.717, 1.165) is 0 Å². The van der Waals surface area contributed by atoms with Gasteiger partial charge in [0, 0.05) is 13.0 Å². The summed E-state index contributed by atoms with van der Waals surface area (Å²) in [7, 11) is 0. The summed E-state index contributed by atoms with van der Waals surface area (Å²) in [6.07, 6.45) is 0.0800. The van der Waals surface area contributed by atoms with E-state index in [4.69, 9.17) is 16.3 Å². The molecule has 0 aliphatic rings. The maximum absolute atomic E-state index is 13.8. The van der Waals surface area contributed by atoms with Gasteiger partial charge in [-0.1, -0.05) is 30.7 Å². The second-order valence-corrected chi connectivity index (χ2v) is 4.94. The van der Waals surface area contributed by atoms with Crippen LogP contribution >= 0.6 is 11.6 Å². The molecule has 0 aromatic heterocycles.